The molecule has 2 rings (SSSR count). The van der Waals surface area contributed by atoms with E-state index >= 15 is 0 Å². The van der Waals surface area contributed by atoms with Crippen LogP contribution in [0.25, 0.3) is 0 Å². The van der Waals surface area contributed by atoms with Crippen molar-refractivity contribution >= 4 is 27.3 Å². The molecule has 1 aliphatic carbocycles. The Hall–Kier alpha value is -0.850. The number of nitrogens with one attached hydrogen (secondary N) is 1. The molecule has 0 saturated heterocycles. The van der Waals surface area contributed by atoms with E-state index in [4.69, 9.17) is 17.3 Å². The van der Waals surface area contributed by atoms with Crippen molar-refractivity contribution in [3.63, 3.8) is 0 Å². The molecule has 1 aromatic carbocycles. The van der Waals surface area contributed by atoms with E-state index in [0.717, 1.165) is 12.5 Å². The summed E-state index contributed by atoms with van der Waals surface area (Å²) in [7, 11) is -3.90. The van der Waals surface area contributed by atoms with Crippen molar-refractivity contribution < 1.29 is 12.8 Å². The number of nitrogen functional groups attached to an aromatic ring is 1. The van der Waals surface area contributed by atoms with Gasteiger partial charge in [-0.15, -0.1) is 0 Å². The average molecular weight is 279 g/mol. The van der Waals surface area contributed by atoms with E-state index in [-0.39, 0.29) is 22.7 Å². The normalized spacial score (nSPS) is 23.7. The van der Waals surface area contributed by atoms with E-state index in [2.05, 4.69) is 4.72 Å². The van der Waals surface area contributed by atoms with Crippen molar-refractivity contribution in [3.8, 4) is 0 Å². The van der Waals surface area contributed by atoms with Gasteiger partial charge in [0.15, 0.2) is 5.82 Å². The molecule has 0 spiro atoms. The minimum Gasteiger partial charge on any atom is -0.399 e. The van der Waals surface area contributed by atoms with Crippen LogP contribution in [0.4, 0.5) is 10.1 Å². The molecule has 94 valence electrons. The largest absolute Gasteiger partial charge is 0.399 e. The van der Waals surface area contributed by atoms with Crippen LogP contribution in [0.3, 0.4) is 0 Å². The Morgan fingerprint density at radius 2 is 2.12 bits per heavy atom. The first-order chi connectivity index (χ1) is 7.81. The van der Waals surface area contributed by atoms with Crippen molar-refractivity contribution in [2.75, 3.05) is 5.73 Å². The third kappa shape index (κ3) is 2.53. The summed E-state index contributed by atoms with van der Waals surface area (Å²) < 4.78 is 39.8. The second-order valence-electron chi connectivity index (χ2n) is 4.26. The van der Waals surface area contributed by atoms with Crippen LogP contribution >= 0.6 is 11.6 Å². The van der Waals surface area contributed by atoms with Gasteiger partial charge in [-0.1, -0.05) is 18.5 Å². The van der Waals surface area contributed by atoms with Gasteiger partial charge in [0.2, 0.25) is 10.0 Å². The number of hydrogen-bond acceptors (Lipinski definition) is 3. The van der Waals surface area contributed by atoms with E-state index in [1.807, 2.05) is 6.92 Å². The van der Waals surface area contributed by atoms with E-state index < -0.39 is 20.7 Å². The maximum atomic E-state index is 13.6. The molecule has 1 aromatic rings. The molecule has 1 fully saturated rings. The molecule has 1 aliphatic rings. The van der Waals surface area contributed by atoms with E-state index in [9.17, 15) is 12.8 Å². The highest BCUT2D eigenvalue weighted by atomic mass is 35.5. The standard InChI is InChI=1S/C10H12ClFN2O2S/c1-5-2-8(5)14-17(15,16)9-4-6(13)3-7(11)10(9)12/h3-5,8,14H,2,13H2,1H3. The van der Waals surface area contributed by atoms with Gasteiger partial charge < -0.3 is 5.73 Å². The number of sulfonamides is 1. The van der Waals surface area contributed by atoms with Gasteiger partial charge in [-0.3, -0.25) is 0 Å². The highest BCUT2D eigenvalue weighted by molar-refractivity contribution is 7.89. The number of hydrogen-bond donors (Lipinski definition) is 2. The number of halogens is 2. The van der Waals surface area contributed by atoms with Gasteiger partial charge in [-0.2, -0.15) is 0 Å². The molecule has 4 nitrogen and oxygen atoms in total. The van der Waals surface area contributed by atoms with Crippen LogP contribution in [-0.2, 0) is 10.0 Å². The third-order valence-electron chi connectivity index (χ3n) is 2.72. The lowest BCUT2D eigenvalue weighted by Crippen LogP contribution is -2.27. The van der Waals surface area contributed by atoms with Crippen molar-refractivity contribution in [1.82, 2.24) is 4.72 Å². The highest BCUT2D eigenvalue weighted by Gasteiger charge is 2.37. The van der Waals surface area contributed by atoms with Gasteiger partial charge in [-0.05, 0) is 24.5 Å². The van der Waals surface area contributed by atoms with Crippen LogP contribution in [0.2, 0.25) is 5.02 Å². The molecular weight excluding hydrogens is 267 g/mol. The molecule has 0 aromatic heterocycles. The fourth-order valence-electron chi connectivity index (χ4n) is 1.53. The van der Waals surface area contributed by atoms with Gasteiger partial charge in [0.05, 0.1) is 5.02 Å². The molecule has 0 heterocycles. The summed E-state index contributed by atoms with van der Waals surface area (Å²) in [5.74, 6) is -0.689. The quantitative estimate of drug-likeness (QED) is 0.828. The summed E-state index contributed by atoms with van der Waals surface area (Å²) in [5.41, 5.74) is 5.57. The first kappa shape index (κ1) is 12.6. The monoisotopic (exact) mass is 278 g/mol. The average Bonchev–Trinajstić information content (AvgIpc) is 2.86. The molecule has 0 aliphatic heterocycles. The van der Waals surface area contributed by atoms with Crippen LogP contribution in [0.1, 0.15) is 13.3 Å². The summed E-state index contributed by atoms with van der Waals surface area (Å²) in [6.45, 7) is 1.91. The summed E-state index contributed by atoms with van der Waals surface area (Å²) in [5, 5.41) is -0.297. The Labute approximate surface area is 104 Å². The maximum absolute atomic E-state index is 13.6. The van der Waals surface area contributed by atoms with Crippen LogP contribution in [0.5, 0.6) is 0 Å². The van der Waals surface area contributed by atoms with Crippen LogP contribution < -0.4 is 10.5 Å². The molecule has 3 N–H and O–H groups in total. The van der Waals surface area contributed by atoms with Crippen molar-refractivity contribution in [3.05, 3.63) is 23.0 Å². The molecule has 0 bridgehead atoms. The summed E-state index contributed by atoms with van der Waals surface area (Å²) in [6, 6.07) is 2.12. The molecule has 17 heavy (non-hydrogen) atoms. The van der Waals surface area contributed by atoms with E-state index in [1.54, 1.807) is 0 Å². The van der Waals surface area contributed by atoms with Crippen molar-refractivity contribution in [1.29, 1.82) is 0 Å². The van der Waals surface area contributed by atoms with E-state index in [1.165, 1.54) is 6.07 Å². The second-order valence-corrected chi connectivity index (χ2v) is 6.35. The summed E-state index contributed by atoms with van der Waals surface area (Å²) in [4.78, 5) is -0.499. The first-order valence-corrected chi connectivity index (χ1v) is 6.94. The summed E-state index contributed by atoms with van der Waals surface area (Å²) in [6.07, 6.45) is 0.761. The second kappa shape index (κ2) is 4.12. The molecule has 2 atom stereocenters. The summed E-state index contributed by atoms with van der Waals surface area (Å²) >= 11 is 5.56. The predicted molar refractivity (Wildman–Crippen MR) is 63.7 cm³/mol. The molecular formula is C10H12ClFN2O2S. The number of benzene rings is 1. The Morgan fingerprint density at radius 3 is 2.65 bits per heavy atom. The van der Waals surface area contributed by atoms with Crippen LogP contribution in [0.15, 0.2) is 17.0 Å². The van der Waals surface area contributed by atoms with Crippen molar-refractivity contribution in [2.24, 2.45) is 5.92 Å². The number of rotatable bonds is 3. The lowest BCUT2D eigenvalue weighted by molar-refractivity contribution is 0.555. The molecule has 0 amide bonds. The third-order valence-corrected chi connectivity index (χ3v) is 4.49. The number of anilines is 1. The van der Waals surface area contributed by atoms with Crippen LogP contribution in [0, 0.1) is 11.7 Å². The van der Waals surface area contributed by atoms with Gasteiger partial charge in [0.25, 0.3) is 0 Å². The lowest BCUT2D eigenvalue weighted by Gasteiger charge is -2.08. The van der Waals surface area contributed by atoms with Gasteiger partial charge >= 0.3 is 0 Å². The molecule has 0 radical (unpaired) electrons. The zero-order valence-corrected chi connectivity index (χ0v) is 10.6. The minimum absolute atomic E-state index is 0.112. The molecule has 7 heteroatoms. The number of nitrogens with two attached hydrogens (primary N) is 1. The zero-order valence-electron chi connectivity index (χ0n) is 9.07. The van der Waals surface area contributed by atoms with Gasteiger partial charge in [-0.25, -0.2) is 17.5 Å². The Balaban J connectivity index is 2.39. The Bertz CT molecular complexity index is 562. The van der Waals surface area contributed by atoms with Crippen molar-refractivity contribution in [2.45, 2.75) is 24.3 Å². The molecule has 1 saturated carbocycles. The fourth-order valence-corrected chi connectivity index (χ4v) is 3.30. The lowest BCUT2D eigenvalue weighted by atomic mass is 10.3. The smallest absolute Gasteiger partial charge is 0.243 e. The van der Waals surface area contributed by atoms with Gasteiger partial charge in [0, 0.05) is 11.7 Å². The first-order valence-electron chi connectivity index (χ1n) is 5.08. The Morgan fingerprint density at radius 1 is 1.53 bits per heavy atom. The van der Waals surface area contributed by atoms with E-state index in [0.29, 0.717) is 0 Å². The predicted octanol–water partition coefficient (Wildman–Crippen LogP) is 1.75. The fraction of sp³-hybridized carbons (Fsp3) is 0.400. The minimum atomic E-state index is -3.90. The zero-order chi connectivity index (χ0) is 12.8. The Kier molecular flexibility index (Phi) is 3.05. The van der Waals surface area contributed by atoms with Gasteiger partial charge in [0.1, 0.15) is 4.90 Å². The topological polar surface area (TPSA) is 72.2 Å². The maximum Gasteiger partial charge on any atom is 0.243 e. The SMILES string of the molecule is CC1CC1NS(=O)(=O)c1cc(N)cc(Cl)c1F. The van der Waals surface area contributed by atoms with Crippen LogP contribution in [-0.4, -0.2) is 14.5 Å². The highest BCUT2D eigenvalue weighted by Crippen LogP contribution is 2.32. The molecule has 2 unspecified atom stereocenters.